The fourth-order valence-corrected chi connectivity index (χ4v) is 3.36. The summed E-state index contributed by atoms with van der Waals surface area (Å²) in [5, 5.41) is 9.18. The number of rotatable bonds is 2. The average molecular weight is 339 g/mol. The molecule has 0 spiro atoms. The van der Waals surface area contributed by atoms with Gasteiger partial charge in [-0.05, 0) is 12.1 Å². The van der Waals surface area contributed by atoms with E-state index in [2.05, 4.69) is 0 Å². The van der Waals surface area contributed by atoms with E-state index < -0.39 is 18.0 Å². The van der Waals surface area contributed by atoms with Gasteiger partial charge >= 0.3 is 5.97 Å². The predicted molar refractivity (Wildman–Crippen MR) is 88.8 cm³/mol. The van der Waals surface area contributed by atoms with Gasteiger partial charge in [0.15, 0.2) is 6.10 Å². The van der Waals surface area contributed by atoms with Crippen molar-refractivity contribution in [3.05, 3.63) is 59.7 Å². The molecule has 2 aromatic rings. The third-order valence-electron chi connectivity index (χ3n) is 4.58. The van der Waals surface area contributed by atoms with Crippen LogP contribution >= 0.6 is 0 Å². The van der Waals surface area contributed by atoms with E-state index in [0.717, 1.165) is 11.1 Å². The molecular weight excluding hydrogens is 322 g/mol. The van der Waals surface area contributed by atoms with Gasteiger partial charge in [-0.1, -0.05) is 36.4 Å². The Morgan fingerprint density at radius 3 is 2.20 bits per heavy atom. The summed E-state index contributed by atoms with van der Waals surface area (Å²) in [5.74, 6) is -0.373. The third kappa shape index (κ3) is 2.74. The molecule has 1 N–H and O–H groups in total. The van der Waals surface area contributed by atoms with Gasteiger partial charge in [-0.25, -0.2) is 4.79 Å². The lowest BCUT2D eigenvalue weighted by Crippen LogP contribution is -2.50. The van der Waals surface area contributed by atoms with Crippen LogP contribution in [0.15, 0.2) is 48.5 Å². The molecule has 0 bridgehead atoms. The number of carbonyl (C=O) groups is 2. The van der Waals surface area contributed by atoms with Crippen molar-refractivity contribution in [2.75, 3.05) is 19.7 Å². The zero-order chi connectivity index (χ0) is 17.4. The second-order valence-electron chi connectivity index (χ2n) is 6.09. The van der Waals surface area contributed by atoms with Crippen molar-refractivity contribution in [2.45, 2.75) is 12.0 Å². The normalized spacial score (nSPS) is 19.5. The molecule has 1 fully saturated rings. The number of hydrogen-bond acceptors (Lipinski definition) is 4. The fraction of sp³-hybridized carbons (Fsp3) is 0.263. The minimum Gasteiger partial charge on any atom is -0.479 e. The number of morpholine rings is 1. The van der Waals surface area contributed by atoms with Gasteiger partial charge in [-0.3, -0.25) is 4.79 Å². The van der Waals surface area contributed by atoms with Crippen molar-refractivity contribution in [1.82, 2.24) is 4.90 Å². The highest BCUT2D eigenvalue weighted by molar-refractivity contribution is 5.90. The number of amides is 1. The summed E-state index contributed by atoms with van der Waals surface area (Å²) in [7, 11) is 0. The third-order valence-corrected chi connectivity index (χ3v) is 4.58. The Labute approximate surface area is 144 Å². The second kappa shape index (κ2) is 6.22. The van der Waals surface area contributed by atoms with Gasteiger partial charge in [0.05, 0.1) is 19.1 Å². The second-order valence-corrected chi connectivity index (χ2v) is 6.09. The highest BCUT2D eigenvalue weighted by Gasteiger charge is 2.38. The lowest BCUT2D eigenvalue weighted by atomic mass is 9.86. The molecule has 128 valence electrons. The van der Waals surface area contributed by atoms with Crippen LogP contribution in [-0.2, 0) is 14.3 Å². The van der Waals surface area contributed by atoms with E-state index in [1.165, 1.54) is 0 Å². The van der Waals surface area contributed by atoms with Gasteiger partial charge in [0.25, 0.3) is 0 Å². The van der Waals surface area contributed by atoms with E-state index in [9.17, 15) is 14.7 Å². The number of aliphatic carboxylic acids is 1. The summed E-state index contributed by atoms with van der Waals surface area (Å²) in [4.78, 5) is 26.1. The van der Waals surface area contributed by atoms with Gasteiger partial charge < -0.3 is 19.5 Å². The molecule has 6 nitrogen and oxygen atoms in total. The monoisotopic (exact) mass is 339 g/mol. The zero-order valence-electron chi connectivity index (χ0n) is 13.4. The van der Waals surface area contributed by atoms with Crippen LogP contribution in [-0.4, -0.2) is 47.7 Å². The van der Waals surface area contributed by atoms with E-state index in [-0.39, 0.29) is 19.1 Å². The van der Waals surface area contributed by atoms with E-state index in [0.29, 0.717) is 18.0 Å². The number of benzene rings is 2. The molecule has 0 saturated carbocycles. The van der Waals surface area contributed by atoms with Crippen LogP contribution in [0.4, 0.5) is 0 Å². The first kappa shape index (κ1) is 15.7. The molecule has 0 aliphatic carbocycles. The number of ether oxygens (including phenoxy) is 2. The van der Waals surface area contributed by atoms with Crippen LogP contribution in [0.25, 0.3) is 0 Å². The zero-order valence-corrected chi connectivity index (χ0v) is 13.4. The van der Waals surface area contributed by atoms with Crippen molar-refractivity contribution in [3.63, 3.8) is 0 Å². The standard InChI is InChI=1S/C19H17NO5/c21-18(20-9-10-24-16(11-20)19(22)23)17-12-5-1-3-7-14(12)25-15-8-4-2-6-13(15)17/h1-8,16-17H,9-11H2,(H,22,23). The molecule has 1 atom stereocenters. The maximum Gasteiger partial charge on any atom is 0.334 e. The number of carboxylic acids is 1. The van der Waals surface area contributed by atoms with E-state index in [4.69, 9.17) is 9.47 Å². The maximum absolute atomic E-state index is 13.3. The van der Waals surface area contributed by atoms with E-state index in [1.54, 1.807) is 4.90 Å². The van der Waals surface area contributed by atoms with Crippen LogP contribution in [0.5, 0.6) is 11.5 Å². The summed E-state index contributed by atoms with van der Waals surface area (Å²) in [5.41, 5.74) is 1.59. The van der Waals surface area contributed by atoms with Crippen molar-refractivity contribution in [1.29, 1.82) is 0 Å². The highest BCUT2D eigenvalue weighted by Crippen LogP contribution is 2.44. The molecule has 0 radical (unpaired) electrons. The van der Waals surface area contributed by atoms with Crippen molar-refractivity contribution in [3.8, 4) is 11.5 Å². The minimum atomic E-state index is -1.05. The number of carbonyl (C=O) groups excluding carboxylic acids is 1. The van der Waals surface area contributed by atoms with Gasteiger partial charge in [-0.15, -0.1) is 0 Å². The van der Waals surface area contributed by atoms with Gasteiger partial charge in [0, 0.05) is 17.7 Å². The number of nitrogens with zero attached hydrogens (tertiary/aromatic N) is 1. The van der Waals surface area contributed by atoms with Gasteiger partial charge in [-0.2, -0.15) is 0 Å². The largest absolute Gasteiger partial charge is 0.479 e. The summed E-state index contributed by atoms with van der Waals surface area (Å²) >= 11 is 0. The Morgan fingerprint density at radius 1 is 1.00 bits per heavy atom. The Morgan fingerprint density at radius 2 is 1.60 bits per heavy atom. The van der Waals surface area contributed by atoms with Crippen LogP contribution in [0.2, 0.25) is 0 Å². The highest BCUT2D eigenvalue weighted by atomic mass is 16.5. The molecule has 0 aromatic heterocycles. The molecule has 25 heavy (non-hydrogen) atoms. The minimum absolute atomic E-state index is 0.0514. The lowest BCUT2D eigenvalue weighted by molar-refractivity contribution is -0.159. The Hall–Kier alpha value is -2.86. The number of hydrogen-bond donors (Lipinski definition) is 1. The summed E-state index contributed by atoms with van der Waals surface area (Å²) in [6.07, 6.45) is -0.983. The topological polar surface area (TPSA) is 76.1 Å². The Kier molecular flexibility index (Phi) is 3.89. The maximum atomic E-state index is 13.3. The summed E-state index contributed by atoms with van der Waals surface area (Å²) < 4.78 is 11.1. The van der Waals surface area contributed by atoms with Crippen LogP contribution in [0.3, 0.4) is 0 Å². The SMILES string of the molecule is O=C(O)C1CN(C(=O)C2c3ccccc3Oc3ccccc32)CCO1. The molecule has 2 heterocycles. The molecule has 2 aliphatic rings. The van der Waals surface area contributed by atoms with E-state index >= 15 is 0 Å². The van der Waals surface area contributed by atoms with Gasteiger partial charge in [0.2, 0.25) is 5.91 Å². The number of para-hydroxylation sites is 2. The molecule has 1 amide bonds. The number of carboxylic acid groups (broad SMARTS) is 1. The van der Waals surface area contributed by atoms with Gasteiger partial charge in [0.1, 0.15) is 11.5 Å². The average Bonchev–Trinajstić information content (AvgIpc) is 2.65. The summed E-state index contributed by atoms with van der Waals surface area (Å²) in [6.45, 7) is 0.648. The van der Waals surface area contributed by atoms with Crippen molar-refractivity contribution >= 4 is 11.9 Å². The molecule has 6 heteroatoms. The first-order valence-corrected chi connectivity index (χ1v) is 8.14. The first-order chi connectivity index (χ1) is 12.1. The smallest absolute Gasteiger partial charge is 0.334 e. The van der Waals surface area contributed by atoms with Crippen LogP contribution in [0.1, 0.15) is 17.0 Å². The molecule has 2 aliphatic heterocycles. The quantitative estimate of drug-likeness (QED) is 0.908. The van der Waals surface area contributed by atoms with Crippen LogP contribution < -0.4 is 4.74 Å². The molecule has 1 unspecified atom stereocenters. The summed E-state index contributed by atoms with van der Waals surface area (Å²) in [6, 6.07) is 14.9. The Balaban J connectivity index is 1.72. The molecule has 1 saturated heterocycles. The Bertz CT molecular complexity index is 789. The van der Waals surface area contributed by atoms with Crippen LogP contribution in [0, 0.1) is 0 Å². The molecule has 2 aromatic carbocycles. The number of fused-ring (bicyclic) bond motifs is 2. The lowest BCUT2D eigenvalue weighted by Gasteiger charge is -2.35. The molecular formula is C19H17NO5. The molecule has 4 rings (SSSR count). The first-order valence-electron chi connectivity index (χ1n) is 8.14. The van der Waals surface area contributed by atoms with Crippen molar-refractivity contribution in [2.24, 2.45) is 0 Å². The van der Waals surface area contributed by atoms with E-state index in [1.807, 2.05) is 48.5 Å². The van der Waals surface area contributed by atoms with Crippen molar-refractivity contribution < 1.29 is 24.2 Å². The fourth-order valence-electron chi connectivity index (χ4n) is 3.36. The predicted octanol–water partition coefficient (Wildman–Crippen LogP) is 2.24.